The summed E-state index contributed by atoms with van der Waals surface area (Å²) < 4.78 is 18.2. The predicted octanol–water partition coefficient (Wildman–Crippen LogP) is 1.96. The van der Waals surface area contributed by atoms with E-state index in [2.05, 4.69) is 5.32 Å². The molecule has 0 aliphatic heterocycles. The van der Waals surface area contributed by atoms with Crippen LogP contribution in [-0.2, 0) is 9.59 Å². The first-order valence-electron chi connectivity index (χ1n) is 6.93. The first kappa shape index (κ1) is 15.3. The van der Waals surface area contributed by atoms with Crippen LogP contribution >= 0.6 is 0 Å². The molecule has 114 valence electrons. The van der Waals surface area contributed by atoms with Crippen molar-refractivity contribution in [2.45, 2.75) is 38.3 Å². The van der Waals surface area contributed by atoms with Gasteiger partial charge in [0, 0.05) is 6.04 Å². The van der Waals surface area contributed by atoms with Crippen LogP contribution in [0.3, 0.4) is 0 Å². The number of rotatable bonds is 5. The van der Waals surface area contributed by atoms with E-state index in [0.717, 1.165) is 6.42 Å². The van der Waals surface area contributed by atoms with Crippen LogP contribution in [0.1, 0.15) is 26.2 Å². The van der Waals surface area contributed by atoms with Crippen molar-refractivity contribution in [2.75, 3.05) is 0 Å². The number of nitrogens with one attached hydrogen (secondary N) is 1. The van der Waals surface area contributed by atoms with Gasteiger partial charge in [0.15, 0.2) is 6.10 Å². The van der Waals surface area contributed by atoms with E-state index < -0.39 is 18.0 Å². The normalized spacial score (nSPS) is 22.6. The molecule has 2 rings (SSSR count). The standard InChI is InChI=1S/C15H18FNO4/c1-9(21-11-7-5-10(16)6-8-11)14(18)17-13-4-2-3-12(13)15(19)20/h5-9,12-13H,2-4H2,1H3,(H,17,18)(H,19,20)/t9?,12-,13+/m0/s1. The molecule has 1 aliphatic rings. The van der Waals surface area contributed by atoms with Crippen molar-refractivity contribution >= 4 is 11.9 Å². The molecule has 1 unspecified atom stereocenters. The van der Waals surface area contributed by atoms with Crippen LogP contribution in [0, 0.1) is 11.7 Å². The number of hydrogen-bond donors (Lipinski definition) is 2. The second kappa shape index (κ2) is 6.56. The molecular formula is C15H18FNO4. The van der Waals surface area contributed by atoms with Gasteiger partial charge in [-0.05, 0) is 44.0 Å². The average molecular weight is 295 g/mol. The molecule has 1 fully saturated rings. The maximum absolute atomic E-state index is 12.8. The number of ether oxygens (including phenoxy) is 1. The van der Waals surface area contributed by atoms with Crippen LogP contribution in [0.5, 0.6) is 5.75 Å². The summed E-state index contributed by atoms with van der Waals surface area (Å²) in [7, 11) is 0. The Labute approximate surface area is 122 Å². The Hall–Kier alpha value is -2.11. The minimum absolute atomic E-state index is 0.353. The fourth-order valence-corrected chi connectivity index (χ4v) is 2.50. The van der Waals surface area contributed by atoms with Gasteiger partial charge in [-0.1, -0.05) is 6.42 Å². The highest BCUT2D eigenvalue weighted by molar-refractivity contribution is 5.82. The van der Waals surface area contributed by atoms with Gasteiger partial charge in [-0.15, -0.1) is 0 Å². The van der Waals surface area contributed by atoms with E-state index in [4.69, 9.17) is 9.84 Å². The highest BCUT2D eigenvalue weighted by Crippen LogP contribution is 2.26. The van der Waals surface area contributed by atoms with E-state index >= 15 is 0 Å². The molecule has 2 N–H and O–H groups in total. The summed E-state index contributed by atoms with van der Waals surface area (Å²) in [4.78, 5) is 23.1. The minimum Gasteiger partial charge on any atom is -0.481 e. The fourth-order valence-electron chi connectivity index (χ4n) is 2.50. The maximum atomic E-state index is 12.8. The number of carboxylic acid groups (broad SMARTS) is 1. The van der Waals surface area contributed by atoms with E-state index in [0.29, 0.717) is 18.6 Å². The Morgan fingerprint density at radius 2 is 2.00 bits per heavy atom. The van der Waals surface area contributed by atoms with Crippen molar-refractivity contribution < 1.29 is 23.8 Å². The molecule has 1 aliphatic carbocycles. The molecule has 1 saturated carbocycles. The molecule has 3 atom stereocenters. The Bertz CT molecular complexity index is 517. The molecule has 0 bridgehead atoms. The quantitative estimate of drug-likeness (QED) is 0.870. The Balaban J connectivity index is 1.90. The lowest BCUT2D eigenvalue weighted by molar-refractivity contribution is -0.142. The third kappa shape index (κ3) is 3.93. The zero-order valence-corrected chi connectivity index (χ0v) is 11.7. The summed E-state index contributed by atoms with van der Waals surface area (Å²) in [6.45, 7) is 1.57. The summed E-state index contributed by atoms with van der Waals surface area (Å²) in [6, 6.07) is 5.02. The van der Waals surface area contributed by atoms with Gasteiger partial charge < -0.3 is 15.2 Å². The second-order valence-electron chi connectivity index (χ2n) is 5.20. The van der Waals surface area contributed by atoms with Gasteiger partial charge in [-0.3, -0.25) is 9.59 Å². The van der Waals surface area contributed by atoms with Crippen LogP contribution in [-0.4, -0.2) is 29.1 Å². The third-order valence-corrected chi connectivity index (χ3v) is 3.66. The monoisotopic (exact) mass is 295 g/mol. The molecule has 1 aromatic rings. The zero-order valence-electron chi connectivity index (χ0n) is 11.7. The van der Waals surface area contributed by atoms with Crippen LogP contribution in [0.4, 0.5) is 4.39 Å². The Morgan fingerprint density at radius 1 is 1.33 bits per heavy atom. The van der Waals surface area contributed by atoms with Crippen molar-refractivity contribution in [1.82, 2.24) is 5.32 Å². The van der Waals surface area contributed by atoms with Gasteiger partial charge >= 0.3 is 5.97 Å². The van der Waals surface area contributed by atoms with Gasteiger partial charge in [0.25, 0.3) is 5.91 Å². The van der Waals surface area contributed by atoms with E-state index in [1.165, 1.54) is 24.3 Å². The first-order valence-corrected chi connectivity index (χ1v) is 6.93. The maximum Gasteiger partial charge on any atom is 0.308 e. The van der Waals surface area contributed by atoms with Crippen molar-refractivity contribution in [1.29, 1.82) is 0 Å². The second-order valence-corrected chi connectivity index (χ2v) is 5.20. The van der Waals surface area contributed by atoms with Crippen LogP contribution in [0.15, 0.2) is 24.3 Å². The zero-order chi connectivity index (χ0) is 15.4. The lowest BCUT2D eigenvalue weighted by atomic mass is 10.0. The van der Waals surface area contributed by atoms with Gasteiger partial charge in [0.2, 0.25) is 0 Å². The number of halogens is 1. The molecule has 1 aromatic carbocycles. The lowest BCUT2D eigenvalue weighted by Gasteiger charge is -2.21. The van der Waals surface area contributed by atoms with Gasteiger partial charge in [0.05, 0.1) is 5.92 Å². The number of aliphatic carboxylic acids is 1. The van der Waals surface area contributed by atoms with E-state index in [-0.39, 0.29) is 17.8 Å². The largest absolute Gasteiger partial charge is 0.481 e. The van der Waals surface area contributed by atoms with Crippen molar-refractivity contribution in [3.05, 3.63) is 30.1 Å². The van der Waals surface area contributed by atoms with E-state index in [9.17, 15) is 14.0 Å². The Morgan fingerprint density at radius 3 is 2.62 bits per heavy atom. The fraction of sp³-hybridized carbons (Fsp3) is 0.467. The van der Waals surface area contributed by atoms with Crippen LogP contribution in [0.2, 0.25) is 0 Å². The van der Waals surface area contributed by atoms with Crippen molar-refractivity contribution in [2.24, 2.45) is 5.92 Å². The number of carboxylic acids is 1. The van der Waals surface area contributed by atoms with E-state index in [1.54, 1.807) is 6.92 Å². The van der Waals surface area contributed by atoms with E-state index in [1.807, 2.05) is 0 Å². The van der Waals surface area contributed by atoms with Gasteiger partial charge in [0.1, 0.15) is 11.6 Å². The smallest absolute Gasteiger partial charge is 0.308 e. The van der Waals surface area contributed by atoms with Crippen molar-refractivity contribution in [3.8, 4) is 5.75 Å². The molecule has 6 heteroatoms. The van der Waals surface area contributed by atoms with Crippen LogP contribution in [0.25, 0.3) is 0 Å². The molecule has 0 saturated heterocycles. The van der Waals surface area contributed by atoms with Crippen LogP contribution < -0.4 is 10.1 Å². The minimum atomic E-state index is -0.884. The summed E-state index contributed by atoms with van der Waals surface area (Å²) >= 11 is 0. The molecule has 1 amide bonds. The number of hydrogen-bond acceptors (Lipinski definition) is 3. The predicted molar refractivity (Wildman–Crippen MR) is 73.4 cm³/mol. The highest BCUT2D eigenvalue weighted by Gasteiger charge is 2.34. The molecule has 21 heavy (non-hydrogen) atoms. The average Bonchev–Trinajstić information content (AvgIpc) is 2.89. The summed E-state index contributed by atoms with van der Waals surface area (Å²) in [5, 5.41) is 11.8. The topological polar surface area (TPSA) is 75.6 Å². The first-order chi connectivity index (χ1) is 9.97. The molecular weight excluding hydrogens is 277 g/mol. The highest BCUT2D eigenvalue weighted by atomic mass is 19.1. The molecule has 0 heterocycles. The number of carbonyl (C=O) groups excluding carboxylic acids is 1. The number of amides is 1. The molecule has 0 radical (unpaired) electrons. The molecule has 0 aromatic heterocycles. The van der Waals surface area contributed by atoms with Gasteiger partial charge in [-0.25, -0.2) is 4.39 Å². The Kier molecular flexibility index (Phi) is 4.77. The summed E-state index contributed by atoms with van der Waals surface area (Å²) in [6.07, 6.45) is 1.25. The summed E-state index contributed by atoms with van der Waals surface area (Å²) in [5.74, 6) is -1.77. The third-order valence-electron chi connectivity index (χ3n) is 3.66. The SMILES string of the molecule is CC(Oc1ccc(F)cc1)C(=O)N[C@@H]1CCC[C@@H]1C(=O)O. The lowest BCUT2D eigenvalue weighted by Crippen LogP contribution is -2.45. The number of carbonyl (C=O) groups is 2. The van der Waals surface area contributed by atoms with Crippen molar-refractivity contribution in [3.63, 3.8) is 0 Å². The number of benzene rings is 1. The van der Waals surface area contributed by atoms with Gasteiger partial charge in [-0.2, -0.15) is 0 Å². The molecule has 0 spiro atoms. The molecule has 5 nitrogen and oxygen atoms in total. The summed E-state index contributed by atoms with van der Waals surface area (Å²) in [5.41, 5.74) is 0.